The van der Waals surface area contributed by atoms with Crippen molar-refractivity contribution >= 4 is 27.2 Å². The van der Waals surface area contributed by atoms with Crippen molar-refractivity contribution in [2.45, 2.75) is 19.3 Å². The van der Waals surface area contributed by atoms with Gasteiger partial charge in [0.2, 0.25) is 0 Å². The number of unbranched alkanes of at least 4 members (excludes halogenated alkanes) is 1. The predicted molar refractivity (Wildman–Crippen MR) is 97.3 cm³/mol. The molecule has 7 nitrogen and oxygen atoms in total. The minimum atomic E-state index is -3.41. The van der Waals surface area contributed by atoms with E-state index in [1.54, 1.807) is 12.1 Å². The summed E-state index contributed by atoms with van der Waals surface area (Å²) in [6.07, 6.45) is 6.57. The van der Waals surface area contributed by atoms with E-state index in [4.69, 9.17) is 13.9 Å². The minimum absolute atomic E-state index is 0.126. The van der Waals surface area contributed by atoms with Crippen LogP contribution < -0.4 is 15.1 Å². The van der Waals surface area contributed by atoms with E-state index in [-0.39, 0.29) is 12.2 Å². The van der Waals surface area contributed by atoms with Gasteiger partial charge in [0.05, 0.1) is 32.1 Å². The summed E-state index contributed by atoms with van der Waals surface area (Å²) >= 11 is 0. The van der Waals surface area contributed by atoms with Crippen LogP contribution in [0, 0.1) is 0 Å². The molecule has 0 spiro atoms. The lowest BCUT2D eigenvalue weighted by molar-refractivity contribution is 0.261. The van der Waals surface area contributed by atoms with E-state index in [0.717, 1.165) is 17.2 Å². The van der Waals surface area contributed by atoms with Crippen LogP contribution in [-0.4, -0.2) is 35.0 Å². The molecule has 1 aliphatic carbocycles. The Kier molecular flexibility index (Phi) is 5.33. The van der Waals surface area contributed by atoms with Crippen LogP contribution >= 0.6 is 0 Å². The van der Waals surface area contributed by atoms with Gasteiger partial charge in [-0.15, -0.1) is 0 Å². The van der Waals surface area contributed by atoms with Crippen LogP contribution in [0.4, 0.5) is 0 Å². The van der Waals surface area contributed by atoms with E-state index in [2.05, 4.69) is 4.18 Å². The number of allylic oxidation sites excluding steroid dienone is 1. The largest absolute Gasteiger partial charge is 0.493 e. The Morgan fingerprint density at radius 3 is 2.65 bits per heavy atom. The second-order valence-corrected chi connectivity index (χ2v) is 7.61. The molecule has 0 saturated carbocycles. The van der Waals surface area contributed by atoms with Crippen LogP contribution in [0.1, 0.15) is 24.0 Å². The summed E-state index contributed by atoms with van der Waals surface area (Å²) in [6.45, 7) is 0.508. The third kappa shape index (κ3) is 4.08. The van der Waals surface area contributed by atoms with Crippen LogP contribution in [0.2, 0.25) is 0 Å². The van der Waals surface area contributed by atoms with E-state index < -0.39 is 10.1 Å². The van der Waals surface area contributed by atoms with Gasteiger partial charge in [-0.3, -0.25) is 4.18 Å². The fourth-order valence-electron chi connectivity index (χ4n) is 2.84. The lowest BCUT2D eigenvalue weighted by Gasteiger charge is -2.13. The van der Waals surface area contributed by atoms with Crippen LogP contribution in [0.5, 0.6) is 11.5 Å². The van der Waals surface area contributed by atoms with Crippen molar-refractivity contribution < 1.29 is 26.5 Å². The van der Waals surface area contributed by atoms with Gasteiger partial charge in [0, 0.05) is 11.5 Å². The minimum Gasteiger partial charge on any atom is -0.493 e. The standard InChI is InChI=1S/C18H20O7S/c1-22-16-11-15-14(12-6-5-7-13(12)18(19)25-15)10-17(16)23-8-3-4-9-24-26(2,20)21/h5,7,10-11H,3-4,6,8-9H2,1-2H3. The molecular weight excluding hydrogens is 360 g/mol. The molecule has 0 N–H and O–H groups in total. The molecule has 0 saturated heterocycles. The lowest BCUT2D eigenvalue weighted by Crippen LogP contribution is -2.07. The first-order chi connectivity index (χ1) is 12.4. The maximum atomic E-state index is 12.0. The smallest absolute Gasteiger partial charge is 0.343 e. The van der Waals surface area contributed by atoms with Gasteiger partial charge in [0.25, 0.3) is 10.1 Å². The fourth-order valence-corrected chi connectivity index (χ4v) is 3.26. The molecule has 1 heterocycles. The molecule has 1 aromatic heterocycles. The monoisotopic (exact) mass is 380 g/mol. The number of hydrogen-bond acceptors (Lipinski definition) is 7. The highest BCUT2D eigenvalue weighted by Crippen LogP contribution is 2.35. The van der Waals surface area contributed by atoms with E-state index in [1.807, 2.05) is 12.1 Å². The van der Waals surface area contributed by atoms with Crippen molar-refractivity contribution in [3.05, 3.63) is 39.8 Å². The summed E-state index contributed by atoms with van der Waals surface area (Å²) < 4.78 is 43.0. The van der Waals surface area contributed by atoms with Crippen molar-refractivity contribution in [2.24, 2.45) is 0 Å². The zero-order valence-corrected chi connectivity index (χ0v) is 15.4. The quantitative estimate of drug-likeness (QED) is 0.395. The maximum Gasteiger partial charge on any atom is 0.343 e. The Morgan fingerprint density at radius 1 is 1.15 bits per heavy atom. The number of methoxy groups -OCH3 is 1. The first-order valence-electron chi connectivity index (χ1n) is 8.20. The molecule has 3 rings (SSSR count). The molecule has 0 aliphatic heterocycles. The van der Waals surface area contributed by atoms with Gasteiger partial charge in [0.1, 0.15) is 5.58 Å². The van der Waals surface area contributed by atoms with E-state index in [0.29, 0.717) is 48.5 Å². The van der Waals surface area contributed by atoms with Crippen LogP contribution in [-0.2, 0) is 20.7 Å². The van der Waals surface area contributed by atoms with Gasteiger partial charge in [-0.2, -0.15) is 8.42 Å². The normalized spacial score (nSPS) is 13.2. The Bertz CT molecular complexity index is 1000. The fraction of sp³-hybridized carbons (Fsp3) is 0.389. The molecule has 1 aliphatic rings. The topological polar surface area (TPSA) is 92.0 Å². The first-order valence-corrected chi connectivity index (χ1v) is 10.0. The highest BCUT2D eigenvalue weighted by Gasteiger charge is 2.18. The third-order valence-electron chi connectivity index (χ3n) is 4.04. The van der Waals surface area contributed by atoms with Gasteiger partial charge in [0.15, 0.2) is 11.5 Å². The zero-order chi connectivity index (χ0) is 18.7. The van der Waals surface area contributed by atoms with Crippen molar-refractivity contribution in [2.75, 3.05) is 26.6 Å². The van der Waals surface area contributed by atoms with Crippen molar-refractivity contribution in [3.63, 3.8) is 0 Å². The summed E-state index contributed by atoms with van der Waals surface area (Å²) in [5.74, 6) is 1.02. The molecule has 0 amide bonds. The van der Waals surface area contributed by atoms with Crippen molar-refractivity contribution in [3.8, 4) is 11.5 Å². The summed E-state index contributed by atoms with van der Waals surface area (Å²) in [4.78, 5) is 12.0. The number of benzene rings is 1. The zero-order valence-electron chi connectivity index (χ0n) is 14.6. The highest BCUT2D eigenvalue weighted by molar-refractivity contribution is 7.85. The molecule has 26 heavy (non-hydrogen) atoms. The molecular formula is C18H20O7S. The Labute approximate surface area is 151 Å². The van der Waals surface area contributed by atoms with E-state index in [1.165, 1.54) is 7.11 Å². The SMILES string of the molecule is COc1cc2oc(=O)c3c(c2cc1OCCCCOS(C)(=O)=O)CC=C3. The summed E-state index contributed by atoms with van der Waals surface area (Å²) in [5.41, 5.74) is 1.60. The molecule has 1 aromatic carbocycles. The molecule has 2 aromatic rings. The van der Waals surface area contributed by atoms with Crippen LogP contribution in [0.15, 0.2) is 27.4 Å². The lowest BCUT2D eigenvalue weighted by atomic mass is 10.1. The second kappa shape index (κ2) is 7.51. The number of ether oxygens (including phenoxy) is 2. The molecule has 140 valence electrons. The van der Waals surface area contributed by atoms with Gasteiger partial charge in [-0.05, 0) is 30.9 Å². The second-order valence-electron chi connectivity index (χ2n) is 5.97. The molecule has 8 heteroatoms. The molecule has 0 unspecified atom stereocenters. The number of hydrogen-bond donors (Lipinski definition) is 0. The average molecular weight is 380 g/mol. The molecule has 0 fully saturated rings. The van der Waals surface area contributed by atoms with Gasteiger partial charge in [-0.25, -0.2) is 4.79 Å². The van der Waals surface area contributed by atoms with Crippen LogP contribution in [0.25, 0.3) is 17.0 Å². The average Bonchev–Trinajstić information content (AvgIpc) is 3.07. The Balaban J connectivity index is 1.74. The summed E-state index contributed by atoms with van der Waals surface area (Å²) in [6, 6.07) is 3.47. The summed E-state index contributed by atoms with van der Waals surface area (Å²) in [7, 11) is -1.90. The first kappa shape index (κ1) is 18.5. The van der Waals surface area contributed by atoms with Crippen LogP contribution in [0.3, 0.4) is 0 Å². The summed E-state index contributed by atoms with van der Waals surface area (Å²) in [5, 5.41) is 0.820. The number of fused-ring (bicyclic) bond motifs is 3. The van der Waals surface area contributed by atoms with Gasteiger partial charge < -0.3 is 13.9 Å². The maximum absolute atomic E-state index is 12.0. The Hall–Kier alpha value is -2.32. The predicted octanol–water partition coefficient (Wildman–Crippen LogP) is 2.51. The van der Waals surface area contributed by atoms with Gasteiger partial charge in [-0.1, -0.05) is 12.2 Å². The molecule has 0 bridgehead atoms. The van der Waals surface area contributed by atoms with Gasteiger partial charge >= 0.3 is 5.63 Å². The Morgan fingerprint density at radius 2 is 1.92 bits per heavy atom. The highest BCUT2D eigenvalue weighted by atomic mass is 32.2. The van der Waals surface area contributed by atoms with E-state index >= 15 is 0 Å². The van der Waals surface area contributed by atoms with Crippen molar-refractivity contribution in [1.29, 1.82) is 0 Å². The third-order valence-corrected chi connectivity index (χ3v) is 4.63. The van der Waals surface area contributed by atoms with Crippen molar-refractivity contribution in [1.82, 2.24) is 0 Å². The molecule has 0 radical (unpaired) electrons. The molecule has 0 atom stereocenters. The van der Waals surface area contributed by atoms with E-state index in [9.17, 15) is 13.2 Å². The number of rotatable bonds is 8.